The van der Waals surface area contributed by atoms with Crippen molar-refractivity contribution in [3.05, 3.63) is 0 Å². The molecule has 3 heteroatoms. The number of methoxy groups -OCH3 is 1. The molecule has 1 aliphatic heterocycles. The minimum Gasteiger partial charge on any atom is -0.469 e. The first kappa shape index (κ1) is 18.9. The summed E-state index contributed by atoms with van der Waals surface area (Å²) in [5, 5.41) is 1.83. The Balaban J connectivity index is 1.79. The molecule has 1 aliphatic rings. The van der Waals surface area contributed by atoms with Gasteiger partial charge in [0.15, 0.2) is 0 Å². The van der Waals surface area contributed by atoms with Crippen LogP contribution in [0.25, 0.3) is 0 Å². The number of ether oxygens (including phenoxy) is 1. The number of carbonyl (C=O) groups is 1. The first-order chi connectivity index (χ1) is 10.3. The molecule has 0 saturated carbocycles. The molecule has 0 amide bonds. The molecule has 0 spiro atoms. The Morgan fingerprint density at radius 1 is 0.857 bits per heavy atom. The first-order valence-corrected chi connectivity index (χ1v) is 9.94. The largest absolute Gasteiger partial charge is 0.469 e. The quantitative estimate of drug-likeness (QED) is 0.232. The molecular formula is C18H34O2S. The van der Waals surface area contributed by atoms with Crippen molar-refractivity contribution in [1.82, 2.24) is 0 Å². The van der Waals surface area contributed by atoms with Gasteiger partial charge in [-0.15, -0.1) is 0 Å². The Morgan fingerprint density at radius 2 is 1.38 bits per heavy atom. The van der Waals surface area contributed by atoms with E-state index in [0.29, 0.717) is 6.42 Å². The molecule has 0 N–H and O–H groups in total. The molecule has 0 aromatic heterocycles. The van der Waals surface area contributed by atoms with Gasteiger partial charge in [0.05, 0.1) is 7.11 Å². The van der Waals surface area contributed by atoms with E-state index in [0.717, 1.165) is 16.9 Å². The van der Waals surface area contributed by atoms with Crippen LogP contribution in [0.3, 0.4) is 0 Å². The van der Waals surface area contributed by atoms with E-state index in [4.69, 9.17) is 0 Å². The van der Waals surface area contributed by atoms with Gasteiger partial charge in [0.25, 0.3) is 0 Å². The Morgan fingerprint density at radius 3 is 1.95 bits per heavy atom. The summed E-state index contributed by atoms with van der Waals surface area (Å²) in [6, 6.07) is 0. The number of carbonyl (C=O) groups excluding carboxylic acids is 1. The summed E-state index contributed by atoms with van der Waals surface area (Å²) in [6.07, 6.45) is 16.8. The number of unbranched alkanes of at least 4 members (excludes halogenated alkanes) is 8. The highest BCUT2D eigenvalue weighted by molar-refractivity contribution is 8.07. The van der Waals surface area contributed by atoms with Gasteiger partial charge in [0.2, 0.25) is 0 Å². The van der Waals surface area contributed by atoms with Crippen molar-refractivity contribution < 1.29 is 9.53 Å². The van der Waals surface area contributed by atoms with Crippen molar-refractivity contribution in [2.75, 3.05) is 7.11 Å². The van der Waals surface area contributed by atoms with Gasteiger partial charge in [-0.2, -0.15) is 11.8 Å². The van der Waals surface area contributed by atoms with Crippen LogP contribution in [0.2, 0.25) is 0 Å². The maximum absolute atomic E-state index is 11.0. The highest BCUT2D eigenvalue weighted by atomic mass is 32.2. The van der Waals surface area contributed by atoms with E-state index in [1.807, 2.05) is 0 Å². The highest BCUT2D eigenvalue weighted by Gasteiger charge is 2.36. The van der Waals surface area contributed by atoms with Crippen LogP contribution in [0.1, 0.15) is 90.4 Å². The van der Waals surface area contributed by atoms with Gasteiger partial charge in [-0.3, -0.25) is 4.79 Å². The van der Waals surface area contributed by atoms with Crippen molar-refractivity contribution in [1.29, 1.82) is 0 Å². The normalized spacial score (nSPS) is 20.5. The van der Waals surface area contributed by atoms with Crippen LogP contribution in [0, 0.1) is 0 Å². The second-order valence-electron chi connectivity index (χ2n) is 6.30. The maximum atomic E-state index is 11.0. The van der Waals surface area contributed by atoms with E-state index in [-0.39, 0.29) is 5.97 Å². The summed E-state index contributed by atoms with van der Waals surface area (Å²) in [5.74, 6) is -0.0612. The van der Waals surface area contributed by atoms with Crippen molar-refractivity contribution in [2.45, 2.75) is 101 Å². The van der Waals surface area contributed by atoms with Gasteiger partial charge in [-0.25, -0.2) is 0 Å². The number of esters is 1. The molecule has 0 radical (unpaired) electrons. The SMILES string of the molecule is CCCCCCCCCCC1SC1CCCCC(=O)OC. The maximum Gasteiger partial charge on any atom is 0.305 e. The fraction of sp³-hybridized carbons (Fsp3) is 0.944. The van der Waals surface area contributed by atoms with Crippen LogP contribution in [0.15, 0.2) is 0 Å². The molecule has 0 bridgehead atoms. The lowest BCUT2D eigenvalue weighted by Crippen LogP contribution is -2.00. The van der Waals surface area contributed by atoms with Crippen LogP contribution < -0.4 is 0 Å². The monoisotopic (exact) mass is 314 g/mol. The van der Waals surface area contributed by atoms with E-state index in [1.54, 1.807) is 0 Å². The molecule has 0 aliphatic carbocycles. The van der Waals surface area contributed by atoms with Crippen molar-refractivity contribution in [2.24, 2.45) is 0 Å². The van der Waals surface area contributed by atoms with Gasteiger partial charge >= 0.3 is 5.97 Å². The Bertz CT molecular complexity index is 268. The molecule has 2 unspecified atom stereocenters. The van der Waals surface area contributed by atoms with Crippen LogP contribution in [0.5, 0.6) is 0 Å². The number of hydrogen-bond acceptors (Lipinski definition) is 3. The van der Waals surface area contributed by atoms with Crippen molar-refractivity contribution in [3.63, 3.8) is 0 Å². The molecule has 0 aromatic rings. The lowest BCUT2D eigenvalue weighted by Gasteiger charge is -2.01. The Kier molecular flexibility index (Phi) is 11.1. The number of rotatable bonds is 14. The summed E-state index contributed by atoms with van der Waals surface area (Å²) in [5.41, 5.74) is 0. The van der Waals surface area contributed by atoms with Crippen LogP contribution >= 0.6 is 11.8 Å². The second kappa shape index (κ2) is 12.4. The molecular weight excluding hydrogens is 280 g/mol. The highest BCUT2D eigenvalue weighted by Crippen LogP contribution is 2.47. The molecule has 21 heavy (non-hydrogen) atoms. The van der Waals surface area contributed by atoms with E-state index in [2.05, 4.69) is 23.4 Å². The van der Waals surface area contributed by atoms with E-state index in [1.165, 1.54) is 77.7 Å². The van der Waals surface area contributed by atoms with Gasteiger partial charge in [-0.05, 0) is 19.3 Å². The molecule has 1 saturated heterocycles. The number of hydrogen-bond donors (Lipinski definition) is 0. The molecule has 2 nitrogen and oxygen atoms in total. The third-order valence-electron chi connectivity index (χ3n) is 4.38. The summed E-state index contributed by atoms with van der Waals surface area (Å²) in [4.78, 5) is 11.0. The van der Waals surface area contributed by atoms with Gasteiger partial charge in [0.1, 0.15) is 0 Å². The molecule has 1 rings (SSSR count). The van der Waals surface area contributed by atoms with Gasteiger partial charge < -0.3 is 4.74 Å². The summed E-state index contributed by atoms with van der Waals surface area (Å²) in [7, 11) is 1.47. The Labute approximate surface area is 135 Å². The van der Waals surface area contributed by atoms with E-state index >= 15 is 0 Å². The summed E-state index contributed by atoms with van der Waals surface area (Å²) < 4.78 is 4.66. The van der Waals surface area contributed by atoms with Crippen LogP contribution in [0.4, 0.5) is 0 Å². The second-order valence-corrected chi connectivity index (χ2v) is 7.78. The molecule has 0 aromatic carbocycles. The molecule has 1 heterocycles. The van der Waals surface area contributed by atoms with Crippen molar-refractivity contribution in [3.8, 4) is 0 Å². The van der Waals surface area contributed by atoms with E-state index < -0.39 is 0 Å². The zero-order valence-corrected chi connectivity index (χ0v) is 14.9. The molecule has 2 atom stereocenters. The summed E-state index contributed by atoms with van der Waals surface area (Å²) >= 11 is 2.16. The van der Waals surface area contributed by atoms with Crippen molar-refractivity contribution >= 4 is 17.7 Å². The third kappa shape index (κ3) is 10.2. The smallest absolute Gasteiger partial charge is 0.305 e. The van der Waals surface area contributed by atoms with Crippen LogP contribution in [-0.4, -0.2) is 23.6 Å². The standard InChI is InChI=1S/C18H34O2S/c1-3-4-5-6-7-8-9-10-13-16-17(21-16)14-11-12-15-18(19)20-2/h16-17H,3-15H2,1-2H3. The topological polar surface area (TPSA) is 26.3 Å². The predicted molar refractivity (Wildman–Crippen MR) is 92.9 cm³/mol. The minimum atomic E-state index is -0.0612. The predicted octanol–water partition coefficient (Wildman–Crippen LogP) is 5.73. The van der Waals surface area contributed by atoms with Crippen LogP contribution in [-0.2, 0) is 9.53 Å². The zero-order valence-electron chi connectivity index (χ0n) is 14.1. The average Bonchev–Trinajstić information content (AvgIpc) is 3.24. The average molecular weight is 315 g/mol. The lowest BCUT2D eigenvalue weighted by molar-refractivity contribution is -0.140. The molecule has 1 fully saturated rings. The Hall–Kier alpha value is -0.180. The molecule has 124 valence electrons. The third-order valence-corrected chi connectivity index (χ3v) is 5.89. The fourth-order valence-electron chi connectivity index (χ4n) is 2.88. The lowest BCUT2D eigenvalue weighted by atomic mass is 10.0. The van der Waals surface area contributed by atoms with Gasteiger partial charge in [-0.1, -0.05) is 64.7 Å². The minimum absolute atomic E-state index is 0.0612. The summed E-state index contributed by atoms with van der Waals surface area (Å²) in [6.45, 7) is 2.28. The number of thioether (sulfide) groups is 1. The first-order valence-electron chi connectivity index (χ1n) is 9.00. The fourth-order valence-corrected chi connectivity index (χ4v) is 4.12. The zero-order chi connectivity index (χ0) is 15.3. The van der Waals surface area contributed by atoms with E-state index in [9.17, 15) is 4.79 Å². The van der Waals surface area contributed by atoms with Gasteiger partial charge in [0, 0.05) is 16.9 Å².